The Kier molecular flexibility index (Phi) is 2.23. The molecule has 3 N–H and O–H groups in total. The molecule has 1 atom stereocenters. The molecule has 1 aliphatic heterocycles. The molecule has 2 heteroatoms. The molecule has 1 aromatic carbocycles. The summed E-state index contributed by atoms with van der Waals surface area (Å²) in [6.07, 6.45) is 2.48. The minimum atomic E-state index is 0.486. The first-order valence-corrected chi connectivity index (χ1v) is 4.87. The van der Waals surface area contributed by atoms with Crippen LogP contribution in [0.3, 0.4) is 0 Å². The smallest absolute Gasteiger partial charge is 0.0392 e. The van der Waals surface area contributed by atoms with E-state index in [4.69, 9.17) is 5.73 Å². The zero-order valence-electron chi connectivity index (χ0n) is 8.01. The zero-order chi connectivity index (χ0) is 9.26. The van der Waals surface area contributed by atoms with Gasteiger partial charge in [-0.05, 0) is 37.4 Å². The molecule has 1 saturated heterocycles. The zero-order valence-corrected chi connectivity index (χ0v) is 8.01. The van der Waals surface area contributed by atoms with Crippen molar-refractivity contribution in [1.29, 1.82) is 0 Å². The molecule has 13 heavy (non-hydrogen) atoms. The van der Waals surface area contributed by atoms with E-state index in [0.29, 0.717) is 6.04 Å². The number of benzene rings is 1. The van der Waals surface area contributed by atoms with Gasteiger partial charge in [-0.3, -0.25) is 0 Å². The highest BCUT2D eigenvalue weighted by Gasteiger charge is 2.18. The van der Waals surface area contributed by atoms with E-state index in [0.717, 1.165) is 12.2 Å². The van der Waals surface area contributed by atoms with Gasteiger partial charge in [-0.1, -0.05) is 18.2 Å². The Morgan fingerprint density at radius 2 is 2.31 bits per heavy atom. The molecule has 1 aliphatic rings. The maximum Gasteiger partial charge on any atom is 0.0392 e. The molecule has 1 heterocycles. The predicted molar refractivity (Wildman–Crippen MR) is 55.6 cm³/mol. The van der Waals surface area contributed by atoms with Crippen molar-refractivity contribution < 1.29 is 0 Å². The molecule has 0 aromatic heterocycles. The maximum absolute atomic E-state index is 6.02. The highest BCUT2D eigenvalue weighted by Crippen LogP contribution is 2.29. The lowest BCUT2D eigenvalue weighted by Crippen LogP contribution is -2.14. The quantitative estimate of drug-likeness (QED) is 0.642. The molecule has 1 unspecified atom stereocenters. The molecule has 0 amide bonds. The van der Waals surface area contributed by atoms with Crippen LogP contribution in [-0.4, -0.2) is 6.54 Å². The molecule has 2 rings (SSSR count). The molecule has 2 nitrogen and oxygen atoms in total. The van der Waals surface area contributed by atoms with Gasteiger partial charge in [0.1, 0.15) is 0 Å². The van der Waals surface area contributed by atoms with Gasteiger partial charge in [0.25, 0.3) is 0 Å². The fourth-order valence-electron chi connectivity index (χ4n) is 1.96. The molecule has 1 aromatic rings. The lowest BCUT2D eigenvalue weighted by Gasteiger charge is -2.14. The van der Waals surface area contributed by atoms with Crippen molar-refractivity contribution in [2.75, 3.05) is 12.3 Å². The number of para-hydroxylation sites is 1. The molecule has 0 spiro atoms. The van der Waals surface area contributed by atoms with Crippen LogP contribution in [0, 0.1) is 6.92 Å². The van der Waals surface area contributed by atoms with Crippen LogP contribution >= 0.6 is 0 Å². The Labute approximate surface area is 79.1 Å². The van der Waals surface area contributed by atoms with Crippen LogP contribution in [0.2, 0.25) is 0 Å². The molecule has 0 saturated carbocycles. The highest BCUT2D eigenvalue weighted by molar-refractivity contribution is 5.54. The number of aryl methyl sites for hydroxylation is 1. The fraction of sp³-hybridized carbons (Fsp3) is 0.455. The lowest BCUT2D eigenvalue weighted by atomic mass is 10.0. The number of hydrogen-bond acceptors (Lipinski definition) is 2. The summed E-state index contributed by atoms with van der Waals surface area (Å²) in [6.45, 7) is 3.19. The summed E-state index contributed by atoms with van der Waals surface area (Å²) < 4.78 is 0. The van der Waals surface area contributed by atoms with E-state index in [-0.39, 0.29) is 0 Å². The van der Waals surface area contributed by atoms with E-state index in [1.165, 1.54) is 24.0 Å². The SMILES string of the molecule is Cc1cccc(C2CCCN2)c1N. The van der Waals surface area contributed by atoms with E-state index >= 15 is 0 Å². The van der Waals surface area contributed by atoms with Crippen LogP contribution in [0.4, 0.5) is 5.69 Å². The van der Waals surface area contributed by atoms with Crippen molar-refractivity contribution in [2.45, 2.75) is 25.8 Å². The van der Waals surface area contributed by atoms with E-state index < -0.39 is 0 Å². The average Bonchev–Trinajstić information content (AvgIpc) is 2.62. The van der Waals surface area contributed by atoms with Gasteiger partial charge in [0.2, 0.25) is 0 Å². The monoisotopic (exact) mass is 176 g/mol. The third-order valence-electron chi connectivity index (χ3n) is 2.79. The van der Waals surface area contributed by atoms with Gasteiger partial charge in [0.05, 0.1) is 0 Å². The van der Waals surface area contributed by atoms with Crippen molar-refractivity contribution in [3.63, 3.8) is 0 Å². The van der Waals surface area contributed by atoms with E-state index in [1.807, 2.05) is 0 Å². The van der Waals surface area contributed by atoms with Crippen LogP contribution in [0.25, 0.3) is 0 Å². The summed E-state index contributed by atoms with van der Waals surface area (Å²) >= 11 is 0. The van der Waals surface area contributed by atoms with Gasteiger partial charge in [-0.25, -0.2) is 0 Å². The van der Waals surface area contributed by atoms with Crippen LogP contribution in [0.1, 0.15) is 30.0 Å². The summed E-state index contributed by atoms with van der Waals surface area (Å²) in [6, 6.07) is 6.76. The second kappa shape index (κ2) is 3.38. The molecular formula is C11H16N2. The first-order valence-electron chi connectivity index (χ1n) is 4.87. The second-order valence-corrected chi connectivity index (χ2v) is 3.73. The summed E-state index contributed by atoms with van der Waals surface area (Å²) in [5.41, 5.74) is 9.44. The third kappa shape index (κ3) is 1.54. The van der Waals surface area contributed by atoms with E-state index in [1.54, 1.807) is 0 Å². The van der Waals surface area contributed by atoms with Crippen LogP contribution < -0.4 is 11.1 Å². The number of anilines is 1. The second-order valence-electron chi connectivity index (χ2n) is 3.73. The predicted octanol–water partition coefficient (Wildman–Crippen LogP) is 2.00. The van der Waals surface area contributed by atoms with Crippen LogP contribution in [0.15, 0.2) is 18.2 Å². The molecule has 1 fully saturated rings. The van der Waals surface area contributed by atoms with Crippen molar-refractivity contribution in [3.8, 4) is 0 Å². The van der Waals surface area contributed by atoms with Crippen LogP contribution in [-0.2, 0) is 0 Å². The van der Waals surface area contributed by atoms with Gasteiger partial charge in [0.15, 0.2) is 0 Å². The van der Waals surface area contributed by atoms with Gasteiger partial charge >= 0.3 is 0 Å². The van der Waals surface area contributed by atoms with Gasteiger partial charge in [0, 0.05) is 11.7 Å². The molecule has 0 aliphatic carbocycles. The van der Waals surface area contributed by atoms with E-state index in [2.05, 4.69) is 30.4 Å². The Bertz CT molecular complexity index is 301. The van der Waals surface area contributed by atoms with Gasteiger partial charge in [-0.2, -0.15) is 0 Å². The number of nitrogen functional groups attached to an aromatic ring is 1. The number of nitrogens with two attached hydrogens (primary N) is 1. The topological polar surface area (TPSA) is 38.0 Å². The molecular weight excluding hydrogens is 160 g/mol. The van der Waals surface area contributed by atoms with Crippen molar-refractivity contribution in [2.24, 2.45) is 0 Å². The minimum Gasteiger partial charge on any atom is -0.398 e. The standard InChI is InChI=1S/C11H16N2/c1-8-4-2-5-9(11(8)12)10-6-3-7-13-10/h2,4-5,10,13H,3,6-7,12H2,1H3. The summed E-state index contributed by atoms with van der Waals surface area (Å²) in [7, 11) is 0. The van der Waals surface area contributed by atoms with Gasteiger partial charge in [-0.15, -0.1) is 0 Å². The summed E-state index contributed by atoms with van der Waals surface area (Å²) in [4.78, 5) is 0. The Hall–Kier alpha value is -1.02. The number of hydrogen-bond donors (Lipinski definition) is 2. The molecule has 0 radical (unpaired) electrons. The number of nitrogens with one attached hydrogen (secondary N) is 1. The largest absolute Gasteiger partial charge is 0.398 e. The molecule has 70 valence electrons. The van der Waals surface area contributed by atoms with Gasteiger partial charge < -0.3 is 11.1 Å². The maximum atomic E-state index is 6.02. The van der Waals surface area contributed by atoms with Crippen molar-refractivity contribution in [1.82, 2.24) is 5.32 Å². The Balaban J connectivity index is 2.33. The fourth-order valence-corrected chi connectivity index (χ4v) is 1.96. The third-order valence-corrected chi connectivity index (χ3v) is 2.79. The summed E-state index contributed by atoms with van der Waals surface area (Å²) in [5, 5.41) is 3.46. The first-order chi connectivity index (χ1) is 6.29. The minimum absolute atomic E-state index is 0.486. The Morgan fingerprint density at radius 1 is 1.46 bits per heavy atom. The van der Waals surface area contributed by atoms with Crippen molar-refractivity contribution in [3.05, 3.63) is 29.3 Å². The summed E-state index contributed by atoms with van der Waals surface area (Å²) in [5.74, 6) is 0. The number of rotatable bonds is 1. The lowest BCUT2D eigenvalue weighted by molar-refractivity contribution is 0.649. The Morgan fingerprint density at radius 3 is 3.00 bits per heavy atom. The molecule has 0 bridgehead atoms. The van der Waals surface area contributed by atoms with Crippen LogP contribution in [0.5, 0.6) is 0 Å². The average molecular weight is 176 g/mol. The normalized spacial score (nSPS) is 22.1. The van der Waals surface area contributed by atoms with Crippen molar-refractivity contribution >= 4 is 5.69 Å². The highest BCUT2D eigenvalue weighted by atomic mass is 14.9. The van der Waals surface area contributed by atoms with E-state index in [9.17, 15) is 0 Å². The first kappa shape index (κ1) is 8.57.